The largest absolute Gasteiger partial charge is 0.463 e. The van der Waals surface area contributed by atoms with Gasteiger partial charge in [0.25, 0.3) is 0 Å². The van der Waals surface area contributed by atoms with Gasteiger partial charge in [0, 0.05) is 6.42 Å². The lowest BCUT2D eigenvalue weighted by atomic mass is 10.1. The molecule has 0 bridgehead atoms. The molecule has 0 saturated carbocycles. The lowest BCUT2D eigenvalue weighted by Crippen LogP contribution is -2.21. The number of hydrogen-bond acceptors (Lipinski definition) is 4. The van der Waals surface area contributed by atoms with E-state index in [9.17, 15) is 14.7 Å². The molecule has 14 heavy (non-hydrogen) atoms. The van der Waals surface area contributed by atoms with Crippen LogP contribution in [0, 0.1) is 0 Å². The van der Waals surface area contributed by atoms with E-state index in [1.54, 1.807) is 6.92 Å². The maximum atomic E-state index is 11.1. The zero-order valence-corrected chi connectivity index (χ0v) is 8.10. The number of ketones is 1. The molecule has 1 aliphatic heterocycles. The number of rotatable bonds is 0. The second-order valence-electron chi connectivity index (χ2n) is 3.44. The molecule has 4 heteroatoms. The summed E-state index contributed by atoms with van der Waals surface area (Å²) < 4.78 is 4.96. The van der Waals surface area contributed by atoms with Crippen molar-refractivity contribution >= 4 is 11.8 Å². The van der Waals surface area contributed by atoms with Crippen LogP contribution in [0.4, 0.5) is 0 Å². The fourth-order valence-electron chi connectivity index (χ4n) is 1.22. The second-order valence-corrected chi connectivity index (χ2v) is 3.44. The summed E-state index contributed by atoms with van der Waals surface area (Å²) in [5.41, 5.74) is 0. The first-order chi connectivity index (χ1) is 6.58. The van der Waals surface area contributed by atoms with Crippen molar-refractivity contribution in [2.45, 2.75) is 38.4 Å². The molecule has 1 heterocycles. The Kier molecular flexibility index (Phi) is 3.83. The molecule has 0 aromatic rings. The highest BCUT2D eigenvalue weighted by molar-refractivity contribution is 5.89. The van der Waals surface area contributed by atoms with Gasteiger partial charge in [0.15, 0.2) is 5.78 Å². The number of carbonyl (C=O) groups is 2. The number of cyclic esters (lactones) is 1. The molecule has 0 aromatic heterocycles. The number of aliphatic hydroxyl groups excluding tert-OH is 1. The van der Waals surface area contributed by atoms with Crippen molar-refractivity contribution in [3.05, 3.63) is 12.2 Å². The van der Waals surface area contributed by atoms with Crippen LogP contribution in [0.3, 0.4) is 0 Å². The molecule has 2 atom stereocenters. The number of esters is 1. The fraction of sp³-hybridized carbons (Fsp3) is 0.600. The molecular weight excluding hydrogens is 184 g/mol. The minimum atomic E-state index is -0.920. The number of hydrogen-bond donors (Lipinski definition) is 1. The summed E-state index contributed by atoms with van der Waals surface area (Å²) in [7, 11) is 0. The van der Waals surface area contributed by atoms with Crippen LogP contribution in [0.15, 0.2) is 12.2 Å². The van der Waals surface area contributed by atoms with Gasteiger partial charge in [-0.05, 0) is 19.4 Å². The van der Waals surface area contributed by atoms with E-state index in [0.717, 1.165) is 0 Å². The Bertz CT molecular complexity index is 257. The van der Waals surface area contributed by atoms with E-state index in [4.69, 9.17) is 4.74 Å². The van der Waals surface area contributed by atoms with Gasteiger partial charge in [-0.1, -0.05) is 6.08 Å². The van der Waals surface area contributed by atoms with Gasteiger partial charge in [-0.25, -0.2) is 0 Å². The first-order valence-corrected chi connectivity index (χ1v) is 4.66. The maximum absolute atomic E-state index is 11.1. The van der Waals surface area contributed by atoms with Crippen LogP contribution in [0.2, 0.25) is 0 Å². The minimum absolute atomic E-state index is 0.0474. The van der Waals surface area contributed by atoms with Crippen molar-refractivity contribution < 1.29 is 19.4 Å². The average Bonchev–Trinajstić information content (AvgIpc) is 2.10. The van der Waals surface area contributed by atoms with Crippen LogP contribution >= 0.6 is 0 Å². The zero-order chi connectivity index (χ0) is 10.6. The summed E-state index contributed by atoms with van der Waals surface area (Å²) in [6.45, 7) is 1.74. The minimum Gasteiger partial charge on any atom is -0.463 e. The highest BCUT2D eigenvalue weighted by Crippen LogP contribution is 2.08. The Balaban J connectivity index is 2.65. The summed E-state index contributed by atoms with van der Waals surface area (Å²) >= 11 is 0. The Morgan fingerprint density at radius 1 is 1.50 bits per heavy atom. The average molecular weight is 198 g/mol. The van der Waals surface area contributed by atoms with E-state index >= 15 is 0 Å². The van der Waals surface area contributed by atoms with Gasteiger partial charge >= 0.3 is 5.97 Å². The van der Waals surface area contributed by atoms with Crippen molar-refractivity contribution in [3.63, 3.8) is 0 Å². The highest BCUT2D eigenvalue weighted by Gasteiger charge is 2.15. The van der Waals surface area contributed by atoms with Gasteiger partial charge in [-0.15, -0.1) is 0 Å². The van der Waals surface area contributed by atoms with Crippen molar-refractivity contribution in [2.75, 3.05) is 0 Å². The van der Waals surface area contributed by atoms with E-state index in [0.29, 0.717) is 12.8 Å². The van der Waals surface area contributed by atoms with Gasteiger partial charge in [0.05, 0.1) is 18.6 Å². The third-order valence-corrected chi connectivity index (χ3v) is 2.01. The van der Waals surface area contributed by atoms with Gasteiger partial charge in [-0.2, -0.15) is 0 Å². The summed E-state index contributed by atoms with van der Waals surface area (Å²) in [6, 6.07) is 0. The first kappa shape index (κ1) is 10.9. The topological polar surface area (TPSA) is 63.6 Å². The van der Waals surface area contributed by atoms with Crippen LogP contribution < -0.4 is 0 Å². The summed E-state index contributed by atoms with van der Waals surface area (Å²) in [6.07, 6.45) is 2.27. The Morgan fingerprint density at radius 2 is 2.21 bits per heavy atom. The van der Waals surface area contributed by atoms with Gasteiger partial charge in [-0.3, -0.25) is 9.59 Å². The summed E-state index contributed by atoms with van der Waals surface area (Å²) in [5, 5.41) is 9.27. The number of carbonyl (C=O) groups excluding carboxylic acids is 2. The van der Waals surface area contributed by atoms with Crippen LogP contribution in [0.1, 0.15) is 26.2 Å². The maximum Gasteiger partial charge on any atom is 0.309 e. The summed E-state index contributed by atoms with van der Waals surface area (Å²) in [5.74, 6) is -0.474. The van der Waals surface area contributed by atoms with Crippen molar-refractivity contribution in [2.24, 2.45) is 0 Å². The normalized spacial score (nSPS) is 29.9. The van der Waals surface area contributed by atoms with E-state index in [-0.39, 0.29) is 18.3 Å². The molecule has 1 N–H and O–H groups in total. The Labute approximate surface area is 82.6 Å². The van der Waals surface area contributed by atoms with E-state index in [1.165, 1.54) is 12.2 Å². The SMILES string of the molecule is CC1CCC(=O)C=CC(O)CC(=O)O1. The van der Waals surface area contributed by atoms with Gasteiger partial charge in [0.2, 0.25) is 0 Å². The smallest absolute Gasteiger partial charge is 0.309 e. The van der Waals surface area contributed by atoms with Crippen LogP contribution in [-0.2, 0) is 14.3 Å². The van der Waals surface area contributed by atoms with Crippen LogP contribution in [0.25, 0.3) is 0 Å². The third-order valence-electron chi connectivity index (χ3n) is 2.01. The molecule has 0 aliphatic carbocycles. The molecular formula is C10H14O4. The van der Waals surface area contributed by atoms with E-state index < -0.39 is 12.1 Å². The fourth-order valence-corrected chi connectivity index (χ4v) is 1.22. The molecule has 0 radical (unpaired) electrons. The van der Waals surface area contributed by atoms with E-state index in [1.807, 2.05) is 0 Å². The molecule has 78 valence electrons. The first-order valence-electron chi connectivity index (χ1n) is 4.66. The molecule has 1 aliphatic rings. The number of allylic oxidation sites excluding steroid dienone is 1. The molecule has 2 unspecified atom stereocenters. The molecule has 0 spiro atoms. The van der Waals surface area contributed by atoms with Crippen LogP contribution in [-0.4, -0.2) is 29.1 Å². The van der Waals surface area contributed by atoms with Gasteiger partial charge < -0.3 is 9.84 Å². The molecule has 0 saturated heterocycles. The molecule has 1 rings (SSSR count). The highest BCUT2D eigenvalue weighted by atomic mass is 16.5. The van der Waals surface area contributed by atoms with Crippen LogP contribution in [0.5, 0.6) is 0 Å². The molecule has 0 amide bonds. The summed E-state index contributed by atoms with van der Waals surface area (Å²) in [4.78, 5) is 22.2. The molecule has 4 nitrogen and oxygen atoms in total. The van der Waals surface area contributed by atoms with Crippen molar-refractivity contribution in [3.8, 4) is 0 Å². The van der Waals surface area contributed by atoms with Gasteiger partial charge in [0.1, 0.15) is 0 Å². The van der Waals surface area contributed by atoms with Crippen molar-refractivity contribution in [1.29, 1.82) is 0 Å². The number of ether oxygens (including phenoxy) is 1. The predicted octanol–water partition coefficient (Wildman–Crippen LogP) is 0.588. The zero-order valence-electron chi connectivity index (χ0n) is 8.10. The molecule has 0 aromatic carbocycles. The second kappa shape index (κ2) is 4.91. The van der Waals surface area contributed by atoms with E-state index in [2.05, 4.69) is 0 Å². The number of aliphatic hydroxyl groups is 1. The standard InChI is InChI=1S/C10H14O4/c1-7-2-3-8(11)4-5-9(12)6-10(13)14-7/h4-5,7,9,12H,2-3,6H2,1H3. The quantitative estimate of drug-likeness (QED) is 0.578. The Morgan fingerprint density at radius 3 is 2.93 bits per heavy atom. The lowest BCUT2D eigenvalue weighted by molar-refractivity contribution is -0.150. The third kappa shape index (κ3) is 3.70. The monoisotopic (exact) mass is 198 g/mol. The Hall–Kier alpha value is -1.16. The molecule has 0 fully saturated rings. The van der Waals surface area contributed by atoms with Crippen molar-refractivity contribution in [1.82, 2.24) is 0 Å². The predicted molar refractivity (Wildman–Crippen MR) is 49.6 cm³/mol. The lowest BCUT2D eigenvalue weighted by Gasteiger charge is -2.14.